The lowest BCUT2D eigenvalue weighted by molar-refractivity contribution is -0.204. The fourth-order valence-corrected chi connectivity index (χ4v) is 10.9. The van der Waals surface area contributed by atoms with E-state index in [1.165, 1.54) is 31.3 Å². The van der Waals surface area contributed by atoms with Gasteiger partial charge < -0.3 is 10.2 Å². The molecule has 0 bridgehead atoms. The highest BCUT2D eigenvalue weighted by Gasteiger charge is 2.68. The van der Waals surface area contributed by atoms with Gasteiger partial charge in [0.2, 0.25) is 0 Å². The number of rotatable bonds is 1. The first kappa shape index (κ1) is 23.9. The fourth-order valence-electron chi connectivity index (χ4n) is 10.9. The van der Waals surface area contributed by atoms with Crippen LogP contribution in [-0.2, 0) is 4.79 Å². The molecule has 0 aromatic heterocycles. The third-order valence-electron chi connectivity index (χ3n) is 13.2. The number of hydrogen-bond acceptors (Lipinski definition) is 2. The zero-order chi connectivity index (χ0) is 24.2. The molecule has 5 aliphatic rings. The Balaban J connectivity index is 1.61. The van der Waals surface area contributed by atoms with E-state index in [0.717, 1.165) is 32.1 Å². The predicted octanol–water partition coefficient (Wildman–Crippen LogP) is 7.09. The maximum atomic E-state index is 12.6. The van der Waals surface area contributed by atoms with E-state index in [1.54, 1.807) is 0 Å². The highest BCUT2D eigenvalue weighted by atomic mass is 16.4. The van der Waals surface area contributed by atoms with Gasteiger partial charge in [-0.05, 0) is 109 Å². The first-order chi connectivity index (χ1) is 15.2. The summed E-state index contributed by atoms with van der Waals surface area (Å²) in [6, 6.07) is 0. The molecule has 2 N–H and O–H groups in total. The van der Waals surface area contributed by atoms with E-state index in [9.17, 15) is 15.0 Å². The molecule has 0 saturated heterocycles. The topological polar surface area (TPSA) is 57.5 Å². The van der Waals surface area contributed by atoms with Gasteiger partial charge in [0, 0.05) is 0 Å². The van der Waals surface area contributed by atoms with Crippen molar-refractivity contribution in [2.24, 2.45) is 56.7 Å². The molecule has 0 aromatic carbocycles. The summed E-state index contributed by atoms with van der Waals surface area (Å²) in [5.74, 6) is 0.785. The van der Waals surface area contributed by atoms with Gasteiger partial charge in [0.15, 0.2) is 0 Å². The second-order valence-electron chi connectivity index (χ2n) is 14.7. The molecule has 0 radical (unpaired) electrons. The average molecular weight is 457 g/mol. The first-order valence-electron chi connectivity index (χ1n) is 13.8. The molecule has 3 nitrogen and oxygen atoms in total. The maximum Gasteiger partial charge on any atom is 0.307 e. The van der Waals surface area contributed by atoms with Gasteiger partial charge in [0.1, 0.15) is 0 Å². The highest BCUT2D eigenvalue weighted by Crippen LogP contribution is 2.75. The lowest BCUT2D eigenvalue weighted by atomic mass is 9.33. The van der Waals surface area contributed by atoms with Gasteiger partial charge in [-0.3, -0.25) is 4.79 Å². The molecule has 10 atom stereocenters. The third kappa shape index (κ3) is 2.87. The van der Waals surface area contributed by atoms with Crippen LogP contribution in [0.3, 0.4) is 0 Å². The van der Waals surface area contributed by atoms with Crippen LogP contribution in [0.2, 0.25) is 0 Å². The number of hydrogen-bond donors (Lipinski definition) is 2. The Kier molecular flexibility index (Phi) is 5.15. The van der Waals surface area contributed by atoms with E-state index >= 15 is 0 Å². The molecular weight excluding hydrogens is 408 g/mol. The molecule has 1 unspecified atom stereocenters. The summed E-state index contributed by atoms with van der Waals surface area (Å²) >= 11 is 0. The highest BCUT2D eigenvalue weighted by molar-refractivity contribution is 5.72. The summed E-state index contributed by atoms with van der Waals surface area (Å²) in [4.78, 5) is 12.6. The molecule has 186 valence electrons. The lowest BCUT2D eigenvalue weighted by Crippen LogP contribution is -2.65. The molecule has 0 spiro atoms. The standard InChI is InChI=1S/C30H48O3/c1-18-10-13-27(4)16-17-29(6)19(24(27)23(18)25(32)33)8-9-21-28(5)14-12-22(31)26(2,3)20(28)11-15-30(21,29)7/h8,18,20-24,31H,9-17H2,1-7H3,(H,32,33)/t18-,20+,21-,22?,23+,24-,27-,28+,29-,30-/m1/s1. The van der Waals surface area contributed by atoms with Crippen LogP contribution in [0.4, 0.5) is 0 Å². The molecule has 0 aromatic rings. The minimum absolute atomic E-state index is 0.0302. The van der Waals surface area contributed by atoms with Crippen molar-refractivity contribution in [3.8, 4) is 0 Å². The quantitative estimate of drug-likeness (QED) is 0.414. The van der Waals surface area contributed by atoms with Crippen LogP contribution < -0.4 is 0 Å². The zero-order valence-corrected chi connectivity index (χ0v) is 22.2. The average Bonchev–Trinajstić information content (AvgIpc) is 2.72. The Morgan fingerprint density at radius 2 is 1.61 bits per heavy atom. The molecule has 5 aliphatic carbocycles. The molecule has 0 heterocycles. The van der Waals surface area contributed by atoms with Crippen molar-refractivity contribution in [2.75, 3.05) is 0 Å². The van der Waals surface area contributed by atoms with E-state index in [-0.39, 0.29) is 50.9 Å². The molecular formula is C30H48O3. The van der Waals surface area contributed by atoms with Gasteiger partial charge in [0.25, 0.3) is 0 Å². The summed E-state index contributed by atoms with van der Waals surface area (Å²) in [6.45, 7) is 16.8. The van der Waals surface area contributed by atoms with Crippen LogP contribution in [0, 0.1) is 56.7 Å². The Bertz CT molecular complexity index is 874. The van der Waals surface area contributed by atoms with Gasteiger partial charge in [-0.2, -0.15) is 0 Å². The monoisotopic (exact) mass is 456 g/mol. The maximum absolute atomic E-state index is 12.6. The number of carbonyl (C=O) groups is 1. The SMILES string of the molecule is C[C@@H]1CC[C@]2(C)CC[C@]3(C)C(=CC[C@@H]4[C@@]5(C)CCC(O)C(C)(C)[C@@H]5CC[C@]43C)[C@@H]2[C@H]1C(=O)O. The minimum atomic E-state index is -0.575. The third-order valence-corrected chi connectivity index (χ3v) is 13.2. The van der Waals surface area contributed by atoms with E-state index < -0.39 is 5.97 Å². The van der Waals surface area contributed by atoms with Crippen LogP contribution in [0.5, 0.6) is 0 Å². The van der Waals surface area contributed by atoms with Crippen molar-refractivity contribution in [2.45, 2.75) is 112 Å². The Hall–Kier alpha value is -0.830. The Labute approximate surface area is 201 Å². The second-order valence-corrected chi connectivity index (χ2v) is 14.7. The zero-order valence-electron chi connectivity index (χ0n) is 22.2. The van der Waals surface area contributed by atoms with Gasteiger partial charge >= 0.3 is 5.97 Å². The van der Waals surface area contributed by atoms with Crippen LogP contribution >= 0.6 is 0 Å². The van der Waals surface area contributed by atoms with Gasteiger partial charge in [0.05, 0.1) is 12.0 Å². The largest absolute Gasteiger partial charge is 0.481 e. The van der Waals surface area contributed by atoms with E-state index in [1.807, 2.05) is 0 Å². The molecule has 4 saturated carbocycles. The Morgan fingerprint density at radius 1 is 0.909 bits per heavy atom. The smallest absolute Gasteiger partial charge is 0.307 e. The van der Waals surface area contributed by atoms with Gasteiger partial charge in [-0.15, -0.1) is 0 Å². The van der Waals surface area contributed by atoms with E-state index in [2.05, 4.69) is 54.5 Å². The molecule has 3 heteroatoms. The van der Waals surface area contributed by atoms with Gasteiger partial charge in [-0.25, -0.2) is 0 Å². The van der Waals surface area contributed by atoms with E-state index in [4.69, 9.17) is 0 Å². The number of aliphatic hydroxyl groups is 1. The van der Waals surface area contributed by atoms with Crippen LogP contribution in [0.25, 0.3) is 0 Å². The molecule has 4 fully saturated rings. The van der Waals surface area contributed by atoms with Crippen molar-refractivity contribution >= 4 is 5.97 Å². The molecule has 0 amide bonds. The molecule has 33 heavy (non-hydrogen) atoms. The van der Waals surface area contributed by atoms with Crippen molar-refractivity contribution in [1.29, 1.82) is 0 Å². The number of fused-ring (bicyclic) bond motifs is 7. The number of allylic oxidation sites excluding steroid dienone is 2. The summed E-state index contributed by atoms with van der Waals surface area (Å²) < 4.78 is 0. The van der Waals surface area contributed by atoms with Crippen molar-refractivity contribution in [1.82, 2.24) is 0 Å². The van der Waals surface area contributed by atoms with Crippen molar-refractivity contribution in [3.63, 3.8) is 0 Å². The fraction of sp³-hybridized carbons (Fsp3) is 0.900. The summed E-state index contributed by atoms with van der Waals surface area (Å²) in [7, 11) is 0. The van der Waals surface area contributed by atoms with E-state index in [0.29, 0.717) is 11.8 Å². The molecule has 0 aliphatic heterocycles. The summed E-state index contributed by atoms with van der Waals surface area (Å²) in [6.07, 6.45) is 12.5. The lowest BCUT2D eigenvalue weighted by Gasteiger charge is -2.71. The number of carboxylic acids is 1. The summed E-state index contributed by atoms with van der Waals surface area (Å²) in [5.41, 5.74) is 2.14. The number of aliphatic hydroxyl groups excluding tert-OH is 1. The molecule has 5 rings (SSSR count). The van der Waals surface area contributed by atoms with Crippen molar-refractivity contribution in [3.05, 3.63) is 11.6 Å². The number of aliphatic carboxylic acids is 1. The number of carboxylic acid groups (broad SMARTS) is 1. The van der Waals surface area contributed by atoms with Gasteiger partial charge in [-0.1, -0.05) is 60.1 Å². The minimum Gasteiger partial charge on any atom is -0.481 e. The first-order valence-corrected chi connectivity index (χ1v) is 13.8. The van der Waals surface area contributed by atoms with Crippen LogP contribution in [0.1, 0.15) is 106 Å². The second kappa shape index (κ2) is 7.11. The van der Waals surface area contributed by atoms with Crippen LogP contribution in [0.15, 0.2) is 11.6 Å². The Morgan fingerprint density at radius 3 is 2.27 bits per heavy atom. The predicted molar refractivity (Wildman–Crippen MR) is 133 cm³/mol. The van der Waals surface area contributed by atoms with Crippen LogP contribution in [-0.4, -0.2) is 22.3 Å². The summed E-state index contributed by atoms with van der Waals surface area (Å²) in [5, 5.41) is 21.2. The normalized spacial score (nSPS) is 55.3. The van der Waals surface area contributed by atoms with Crippen molar-refractivity contribution < 1.29 is 15.0 Å².